The Morgan fingerprint density at radius 1 is 1.38 bits per heavy atom. The highest BCUT2D eigenvalue weighted by Crippen LogP contribution is 2.05. The number of carbonyl (C=O) groups excluding carboxylic acids is 2. The van der Waals surface area contributed by atoms with Gasteiger partial charge in [-0.25, -0.2) is 9.59 Å². The molecule has 1 fully saturated rings. The number of hydrogen-bond donors (Lipinski definition) is 3. The van der Waals surface area contributed by atoms with Crippen LogP contribution in [0.2, 0.25) is 0 Å². The van der Waals surface area contributed by atoms with E-state index < -0.39 is 5.97 Å². The van der Waals surface area contributed by atoms with Gasteiger partial charge in [0.15, 0.2) is 0 Å². The fourth-order valence-electron chi connectivity index (χ4n) is 2.14. The van der Waals surface area contributed by atoms with Gasteiger partial charge in [0.1, 0.15) is 6.54 Å². The first-order valence-electron chi connectivity index (χ1n) is 6.60. The molecule has 2 rings (SSSR count). The van der Waals surface area contributed by atoms with Crippen LogP contribution in [-0.4, -0.2) is 47.0 Å². The molecule has 112 valence electrons. The molecule has 0 saturated carbocycles. The van der Waals surface area contributed by atoms with Gasteiger partial charge in [-0.2, -0.15) is 0 Å². The molecule has 0 radical (unpaired) electrons. The summed E-state index contributed by atoms with van der Waals surface area (Å²) >= 11 is 0. The molecule has 7 heteroatoms. The summed E-state index contributed by atoms with van der Waals surface area (Å²) in [5, 5.41) is 14.3. The van der Waals surface area contributed by atoms with E-state index in [1.807, 2.05) is 6.92 Å². The van der Waals surface area contributed by atoms with Crippen molar-refractivity contribution in [2.75, 3.05) is 13.1 Å². The lowest BCUT2D eigenvalue weighted by Crippen LogP contribution is -2.56. The number of nitrogens with zero attached hydrogens (tertiary/aromatic N) is 1. The molecule has 1 saturated heterocycles. The lowest BCUT2D eigenvalue weighted by molar-refractivity contribution is -0.124. The third-order valence-electron chi connectivity index (χ3n) is 3.17. The van der Waals surface area contributed by atoms with Crippen molar-refractivity contribution in [2.45, 2.75) is 19.5 Å². The zero-order chi connectivity index (χ0) is 15.4. The zero-order valence-electron chi connectivity index (χ0n) is 11.6. The normalized spacial score (nSPS) is 18.0. The molecule has 0 bridgehead atoms. The highest BCUT2D eigenvalue weighted by Gasteiger charge is 2.25. The summed E-state index contributed by atoms with van der Waals surface area (Å²) in [5.74, 6) is -1.16. The average Bonchev–Trinajstić information content (AvgIpc) is 2.44. The van der Waals surface area contributed by atoms with Crippen LogP contribution in [0.5, 0.6) is 0 Å². The summed E-state index contributed by atoms with van der Waals surface area (Å²) in [6.45, 7) is 2.64. The monoisotopic (exact) mass is 291 g/mol. The van der Waals surface area contributed by atoms with Gasteiger partial charge in [-0.15, -0.1) is 0 Å². The molecule has 1 atom stereocenters. The largest absolute Gasteiger partial charge is 0.478 e. The van der Waals surface area contributed by atoms with E-state index in [9.17, 15) is 14.4 Å². The van der Waals surface area contributed by atoms with Crippen LogP contribution in [0.15, 0.2) is 24.3 Å². The number of hydrogen-bond acceptors (Lipinski definition) is 3. The molecule has 21 heavy (non-hydrogen) atoms. The standard InChI is InChI=1S/C14H17N3O4/c1-9-7-17(8-12(18)16-9)14(21)15-6-10-2-4-11(5-3-10)13(19)20/h2-5,9H,6-8H2,1H3,(H,15,21)(H,16,18)(H,19,20). The van der Waals surface area contributed by atoms with Gasteiger partial charge in [0.05, 0.1) is 5.56 Å². The third-order valence-corrected chi connectivity index (χ3v) is 3.17. The first-order valence-corrected chi connectivity index (χ1v) is 6.60. The van der Waals surface area contributed by atoms with E-state index in [0.29, 0.717) is 6.54 Å². The molecule has 3 N–H and O–H groups in total. The molecular formula is C14H17N3O4. The fraction of sp³-hybridized carbons (Fsp3) is 0.357. The van der Waals surface area contributed by atoms with E-state index in [0.717, 1.165) is 5.56 Å². The minimum absolute atomic E-state index is 0.0497. The van der Waals surface area contributed by atoms with Crippen LogP contribution in [0.4, 0.5) is 4.79 Å². The van der Waals surface area contributed by atoms with Crippen molar-refractivity contribution < 1.29 is 19.5 Å². The molecule has 1 aliphatic heterocycles. The summed E-state index contributed by atoms with van der Waals surface area (Å²) in [7, 11) is 0. The van der Waals surface area contributed by atoms with E-state index in [1.54, 1.807) is 12.1 Å². The van der Waals surface area contributed by atoms with E-state index >= 15 is 0 Å². The maximum atomic E-state index is 12.0. The van der Waals surface area contributed by atoms with Gasteiger partial charge in [0.25, 0.3) is 0 Å². The summed E-state index contributed by atoms with van der Waals surface area (Å²) in [4.78, 5) is 35.5. The Balaban J connectivity index is 1.88. The molecule has 1 aromatic carbocycles. The van der Waals surface area contributed by atoms with Gasteiger partial charge in [-0.05, 0) is 24.6 Å². The SMILES string of the molecule is CC1CN(C(=O)NCc2ccc(C(=O)O)cc2)CC(=O)N1. The Morgan fingerprint density at radius 2 is 2.05 bits per heavy atom. The second kappa shape index (κ2) is 6.25. The highest BCUT2D eigenvalue weighted by atomic mass is 16.4. The maximum Gasteiger partial charge on any atom is 0.335 e. The van der Waals surface area contributed by atoms with Crippen LogP contribution < -0.4 is 10.6 Å². The van der Waals surface area contributed by atoms with E-state index in [4.69, 9.17) is 5.11 Å². The predicted molar refractivity (Wildman–Crippen MR) is 74.8 cm³/mol. The topological polar surface area (TPSA) is 98.7 Å². The predicted octanol–water partition coefficient (Wildman–Crippen LogP) is 0.415. The van der Waals surface area contributed by atoms with E-state index in [1.165, 1.54) is 17.0 Å². The molecule has 1 aromatic rings. The molecule has 1 unspecified atom stereocenters. The van der Waals surface area contributed by atoms with Gasteiger partial charge >= 0.3 is 12.0 Å². The number of benzene rings is 1. The summed E-state index contributed by atoms with van der Waals surface area (Å²) in [6, 6.07) is 5.90. The minimum atomic E-state index is -0.987. The molecule has 1 aliphatic rings. The number of carboxylic acids is 1. The summed E-state index contributed by atoms with van der Waals surface area (Å²) < 4.78 is 0. The van der Waals surface area contributed by atoms with Gasteiger partial charge in [-0.1, -0.05) is 12.1 Å². The van der Waals surface area contributed by atoms with Crippen molar-refractivity contribution in [1.82, 2.24) is 15.5 Å². The Labute approximate surface area is 121 Å². The second-order valence-electron chi connectivity index (χ2n) is 5.01. The third kappa shape index (κ3) is 3.95. The maximum absolute atomic E-state index is 12.0. The van der Waals surface area contributed by atoms with E-state index in [-0.39, 0.29) is 36.6 Å². The van der Waals surface area contributed by atoms with Gasteiger partial charge in [0, 0.05) is 19.1 Å². The molecule has 7 nitrogen and oxygen atoms in total. The van der Waals surface area contributed by atoms with Gasteiger partial charge in [0.2, 0.25) is 5.91 Å². The van der Waals surface area contributed by atoms with Crippen LogP contribution in [0, 0.1) is 0 Å². The Kier molecular flexibility index (Phi) is 4.42. The van der Waals surface area contributed by atoms with Crippen molar-refractivity contribution in [1.29, 1.82) is 0 Å². The second-order valence-corrected chi connectivity index (χ2v) is 5.01. The van der Waals surface area contributed by atoms with Crippen molar-refractivity contribution in [2.24, 2.45) is 0 Å². The Bertz CT molecular complexity index is 556. The van der Waals surface area contributed by atoms with Crippen LogP contribution in [0.1, 0.15) is 22.8 Å². The number of rotatable bonds is 3. The van der Waals surface area contributed by atoms with Crippen LogP contribution >= 0.6 is 0 Å². The lowest BCUT2D eigenvalue weighted by Gasteiger charge is -2.31. The molecular weight excluding hydrogens is 274 g/mol. The zero-order valence-corrected chi connectivity index (χ0v) is 11.6. The van der Waals surface area contributed by atoms with Crippen LogP contribution in [-0.2, 0) is 11.3 Å². The van der Waals surface area contributed by atoms with Gasteiger partial charge in [-0.3, -0.25) is 4.79 Å². The fourth-order valence-corrected chi connectivity index (χ4v) is 2.14. The Morgan fingerprint density at radius 3 is 2.62 bits per heavy atom. The average molecular weight is 291 g/mol. The number of carboxylic acid groups (broad SMARTS) is 1. The molecule has 0 aliphatic carbocycles. The quantitative estimate of drug-likeness (QED) is 0.751. The number of carbonyl (C=O) groups is 3. The number of piperazine rings is 1. The number of aromatic carboxylic acids is 1. The van der Waals surface area contributed by atoms with Crippen LogP contribution in [0.25, 0.3) is 0 Å². The highest BCUT2D eigenvalue weighted by molar-refractivity contribution is 5.87. The van der Waals surface area contributed by atoms with Crippen LogP contribution in [0.3, 0.4) is 0 Å². The molecule has 0 spiro atoms. The summed E-state index contributed by atoms with van der Waals surface area (Å²) in [5.41, 5.74) is 0.995. The van der Waals surface area contributed by atoms with Crippen molar-refractivity contribution in [3.05, 3.63) is 35.4 Å². The number of amides is 3. The minimum Gasteiger partial charge on any atom is -0.478 e. The van der Waals surface area contributed by atoms with E-state index in [2.05, 4.69) is 10.6 Å². The van der Waals surface area contributed by atoms with Crippen molar-refractivity contribution in [3.63, 3.8) is 0 Å². The lowest BCUT2D eigenvalue weighted by atomic mass is 10.1. The Hall–Kier alpha value is -2.57. The first-order chi connectivity index (χ1) is 9.95. The molecule has 0 aromatic heterocycles. The number of nitrogens with one attached hydrogen (secondary N) is 2. The number of urea groups is 1. The molecule has 3 amide bonds. The van der Waals surface area contributed by atoms with Gasteiger partial charge < -0.3 is 20.6 Å². The van der Waals surface area contributed by atoms with Crippen molar-refractivity contribution in [3.8, 4) is 0 Å². The smallest absolute Gasteiger partial charge is 0.335 e. The first kappa shape index (κ1) is 14.8. The van der Waals surface area contributed by atoms with Crippen molar-refractivity contribution >= 4 is 17.9 Å². The summed E-state index contributed by atoms with van der Waals surface area (Å²) in [6.07, 6.45) is 0. The molecule has 1 heterocycles.